The molecule has 1 heterocycles. The van der Waals surface area contributed by atoms with Crippen molar-refractivity contribution in [2.75, 3.05) is 41.9 Å². The molecule has 0 radical (unpaired) electrons. The molecule has 9 heteroatoms. The van der Waals surface area contributed by atoms with Crippen LogP contribution in [-0.4, -0.2) is 51.9 Å². The third kappa shape index (κ3) is 5.32. The first-order valence-electron chi connectivity index (χ1n) is 10.9. The number of rotatable bonds is 6. The number of hydrogen-bond acceptors (Lipinski definition) is 4. The maximum Gasteiger partial charge on any atom is 0.264 e. The van der Waals surface area contributed by atoms with E-state index >= 15 is 0 Å². The molecule has 1 saturated heterocycles. The first-order chi connectivity index (χ1) is 16.3. The predicted octanol–water partition coefficient (Wildman–Crippen LogP) is 4.85. The molecular weight excluding hydrogens is 493 g/mol. The smallest absolute Gasteiger partial charge is 0.264 e. The lowest BCUT2D eigenvalue weighted by Crippen LogP contribution is -2.52. The summed E-state index contributed by atoms with van der Waals surface area (Å²) in [4.78, 5) is 17.2. The molecule has 34 heavy (non-hydrogen) atoms. The summed E-state index contributed by atoms with van der Waals surface area (Å²) in [5, 5.41) is 1.11. The van der Waals surface area contributed by atoms with Crippen LogP contribution in [0, 0.1) is 6.92 Å². The average Bonchev–Trinajstić information content (AvgIpc) is 2.84. The summed E-state index contributed by atoms with van der Waals surface area (Å²) in [5.74, 6) is -0.246. The van der Waals surface area contributed by atoms with Crippen LogP contribution in [0.3, 0.4) is 0 Å². The normalized spacial score (nSPS) is 14.2. The molecule has 1 amide bonds. The minimum atomic E-state index is -3.97. The lowest BCUT2D eigenvalue weighted by molar-refractivity contribution is -0.129. The van der Waals surface area contributed by atoms with Gasteiger partial charge in [0.05, 0.1) is 10.6 Å². The van der Waals surface area contributed by atoms with Crippen molar-refractivity contribution < 1.29 is 13.2 Å². The molecule has 0 saturated carbocycles. The van der Waals surface area contributed by atoms with Gasteiger partial charge in [-0.25, -0.2) is 8.42 Å². The fraction of sp³-hybridized carbons (Fsp3) is 0.240. The second kappa shape index (κ2) is 10.3. The van der Waals surface area contributed by atoms with Gasteiger partial charge in [-0.15, -0.1) is 0 Å². The Morgan fingerprint density at radius 3 is 2.15 bits per heavy atom. The fourth-order valence-corrected chi connectivity index (χ4v) is 5.69. The second-order valence-electron chi connectivity index (χ2n) is 8.10. The summed E-state index contributed by atoms with van der Waals surface area (Å²) in [5.41, 5.74) is 2.60. The van der Waals surface area contributed by atoms with Crippen LogP contribution in [0.4, 0.5) is 11.4 Å². The van der Waals surface area contributed by atoms with Crippen LogP contribution in [-0.2, 0) is 14.8 Å². The van der Waals surface area contributed by atoms with E-state index in [0.717, 1.165) is 15.6 Å². The van der Waals surface area contributed by atoms with Gasteiger partial charge in [0, 0.05) is 41.9 Å². The Morgan fingerprint density at radius 2 is 1.50 bits per heavy atom. The highest BCUT2D eigenvalue weighted by molar-refractivity contribution is 7.92. The van der Waals surface area contributed by atoms with Crippen LogP contribution in [0.5, 0.6) is 0 Å². The van der Waals surface area contributed by atoms with Crippen molar-refractivity contribution >= 4 is 50.5 Å². The predicted molar refractivity (Wildman–Crippen MR) is 137 cm³/mol. The Balaban J connectivity index is 1.52. The molecule has 3 aromatic carbocycles. The van der Waals surface area contributed by atoms with E-state index in [1.165, 1.54) is 24.3 Å². The second-order valence-corrected chi connectivity index (χ2v) is 10.8. The zero-order valence-corrected chi connectivity index (χ0v) is 21.0. The van der Waals surface area contributed by atoms with E-state index in [4.69, 9.17) is 23.2 Å². The van der Waals surface area contributed by atoms with Crippen molar-refractivity contribution in [2.24, 2.45) is 0 Å². The van der Waals surface area contributed by atoms with Crippen LogP contribution in [0.25, 0.3) is 0 Å². The maximum absolute atomic E-state index is 13.5. The lowest BCUT2D eigenvalue weighted by atomic mass is 10.1. The minimum Gasteiger partial charge on any atom is -0.368 e. The van der Waals surface area contributed by atoms with Gasteiger partial charge in [-0.1, -0.05) is 47.5 Å². The van der Waals surface area contributed by atoms with E-state index in [9.17, 15) is 13.2 Å². The number of nitrogens with zero attached hydrogens (tertiary/aromatic N) is 3. The molecule has 6 nitrogen and oxygen atoms in total. The topological polar surface area (TPSA) is 60.9 Å². The van der Waals surface area contributed by atoms with Gasteiger partial charge < -0.3 is 9.80 Å². The van der Waals surface area contributed by atoms with Crippen LogP contribution >= 0.6 is 23.2 Å². The highest BCUT2D eigenvalue weighted by atomic mass is 35.5. The largest absolute Gasteiger partial charge is 0.368 e. The van der Waals surface area contributed by atoms with Crippen molar-refractivity contribution in [3.63, 3.8) is 0 Å². The number of para-hydroxylation sites is 1. The molecule has 0 N–H and O–H groups in total. The van der Waals surface area contributed by atoms with Crippen LogP contribution in [0.15, 0.2) is 77.7 Å². The van der Waals surface area contributed by atoms with Crippen LogP contribution in [0.1, 0.15) is 5.56 Å². The third-order valence-corrected chi connectivity index (χ3v) is 8.14. The summed E-state index contributed by atoms with van der Waals surface area (Å²) in [6.07, 6.45) is 0. The molecule has 1 aliphatic heterocycles. The van der Waals surface area contributed by atoms with Gasteiger partial charge in [0.2, 0.25) is 5.91 Å². The molecule has 3 aromatic rings. The van der Waals surface area contributed by atoms with Gasteiger partial charge >= 0.3 is 0 Å². The molecule has 1 fully saturated rings. The van der Waals surface area contributed by atoms with Gasteiger partial charge in [0.1, 0.15) is 6.54 Å². The summed E-state index contributed by atoms with van der Waals surface area (Å²) < 4.78 is 28.1. The van der Waals surface area contributed by atoms with E-state index in [-0.39, 0.29) is 17.3 Å². The number of hydrogen-bond donors (Lipinski definition) is 0. The molecule has 178 valence electrons. The van der Waals surface area contributed by atoms with Crippen LogP contribution < -0.4 is 9.21 Å². The van der Waals surface area contributed by atoms with E-state index in [1.54, 1.807) is 35.2 Å². The maximum atomic E-state index is 13.5. The summed E-state index contributed by atoms with van der Waals surface area (Å²) >= 11 is 12.1. The van der Waals surface area contributed by atoms with Gasteiger partial charge in [-0.2, -0.15) is 0 Å². The Kier molecular flexibility index (Phi) is 7.36. The van der Waals surface area contributed by atoms with E-state index in [0.29, 0.717) is 41.9 Å². The van der Waals surface area contributed by atoms with Gasteiger partial charge in [0.25, 0.3) is 10.0 Å². The number of sulfonamides is 1. The first-order valence-corrected chi connectivity index (χ1v) is 13.1. The number of amides is 1. The van der Waals surface area contributed by atoms with Crippen molar-refractivity contribution in [3.05, 3.63) is 88.4 Å². The molecule has 4 rings (SSSR count). The van der Waals surface area contributed by atoms with E-state index in [2.05, 4.69) is 4.90 Å². The number of aryl methyl sites for hydroxylation is 1. The van der Waals surface area contributed by atoms with Crippen molar-refractivity contribution in [1.82, 2.24) is 4.90 Å². The van der Waals surface area contributed by atoms with Gasteiger partial charge in [-0.05, 0) is 61.0 Å². The number of carbonyl (C=O) groups is 1. The Hall–Kier alpha value is -2.74. The summed E-state index contributed by atoms with van der Waals surface area (Å²) in [6.45, 7) is 4.01. The Labute approximate surface area is 210 Å². The number of piperazine rings is 1. The van der Waals surface area contributed by atoms with Gasteiger partial charge in [0.15, 0.2) is 0 Å². The van der Waals surface area contributed by atoms with E-state index < -0.39 is 10.0 Å². The quantitative estimate of drug-likeness (QED) is 0.469. The third-order valence-electron chi connectivity index (χ3n) is 5.87. The minimum absolute atomic E-state index is 0.0785. The zero-order valence-electron chi connectivity index (χ0n) is 18.7. The Bertz CT molecular complexity index is 1260. The monoisotopic (exact) mass is 517 g/mol. The van der Waals surface area contributed by atoms with Crippen LogP contribution in [0.2, 0.25) is 10.0 Å². The van der Waals surface area contributed by atoms with Gasteiger partial charge in [-0.3, -0.25) is 9.10 Å². The number of carbonyl (C=O) groups excluding carboxylic acids is 1. The fourth-order valence-electron chi connectivity index (χ4n) is 3.99. The SMILES string of the molecule is Cc1ccc(Cl)cc1N1CCN(C(=O)CN(c2ccccc2)S(=O)(=O)c2ccc(Cl)cc2)CC1. The Morgan fingerprint density at radius 1 is 0.882 bits per heavy atom. The molecule has 0 atom stereocenters. The van der Waals surface area contributed by atoms with Crippen molar-refractivity contribution in [2.45, 2.75) is 11.8 Å². The molecule has 0 aliphatic carbocycles. The first kappa shape index (κ1) is 24.4. The zero-order chi connectivity index (χ0) is 24.3. The summed E-state index contributed by atoms with van der Waals surface area (Å²) in [7, 11) is -3.97. The summed E-state index contributed by atoms with van der Waals surface area (Å²) in [6, 6.07) is 20.4. The molecule has 0 aromatic heterocycles. The molecule has 1 aliphatic rings. The highest BCUT2D eigenvalue weighted by Crippen LogP contribution is 2.27. The standard InChI is InChI=1S/C25H25Cl2N3O3S/c1-19-7-8-21(27)17-24(19)28-13-15-29(16-14-28)25(31)18-30(22-5-3-2-4-6-22)34(32,33)23-11-9-20(26)10-12-23/h2-12,17H,13-16,18H2,1H3. The molecule has 0 spiro atoms. The molecule has 0 unspecified atom stereocenters. The van der Waals surface area contributed by atoms with Crippen molar-refractivity contribution in [3.8, 4) is 0 Å². The number of benzene rings is 3. The van der Waals surface area contributed by atoms with E-state index in [1.807, 2.05) is 25.1 Å². The number of halogens is 2. The average molecular weight is 518 g/mol. The van der Waals surface area contributed by atoms with Crippen molar-refractivity contribution in [1.29, 1.82) is 0 Å². The highest BCUT2D eigenvalue weighted by Gasteiger charge is 2.30. The molecular formula is C25H25Cl2N3O3S. The molecule has 0 bridgehead atoms. The lowest BCUT2D eigenvalue weighted by Gasteiger charge is -2.37. The number of anilines is 2.